The van der Waals surface area contributed by atoms with Gasteiger partial charge >= 0.3 is 5.97 Å². The maximum atomic E-state index is 12.0. The maximum Gasteiger partial charge on any atom is 0.340 e. The zero-order valence-electron chi connectivity index (χ0n) is 12.3. The van der Waals surface area contributed by atoms with Gasteiger partial charge in [0.25, 0.3) is 5.91 Å². The molecule has 0 saturated heterocycles. The Labute approximate surface area is 123 Å². The average Bonchev–Trinajstić information content (AvgIpc) is 2.71. The Bertz CT molecular complexity index is 702. The number of rotatable bonds is 4. The molecule has 0 unspecified atom stereocenters. The van der Waals surface area contributed by atoms with Gasteiger partial charge in [0.1, 0.15) is 0 Å². The van der Waals surface area contributed by atoms with E-state index in [2.05, 4.69) is 0 Å². The number of ether oxygens (including phenoxy) is 1. The van der Waals surface area contributed by atoms with E-state index >= 15 is 0 Å². The Hall–Kier alpha value is -2.56. The summed E-state index contributed by atoms with van der Waals surface area (Å²) >= 11 is 0. The molecule has 21 heavy (non-hydrogen) atoms. The van der Waals surface area contributed by atoms with Crippen LogP contribution < -0.4 is 5.73 Å². The van der Waals surface area contributed by atoms with Crippen molar-refractivity contribution in [1.29, 1.82) is 0 Å². The highest BCUT2D eigenvalue weighted by Gasteiger charge is 2.18. The highest BCUT2D eigenvalue weighted by molar-refractivity contribution is 5.92. The fraction of sp³-hybridized carbons (Fsp3) is 0.250. The molecule has 0 atom stereocenters. The smallest absolute Gasteiger partial charge is 0.340 e. The van der Waals surface area contributed by atoms with Crippen molar-refractivity contribution < 1.29 is 14.3 Å². The lowest BCUT2D eigenvalue weighted by atomic mass is 10.2. The van der Waals surface area contributed by atoms with Gasteiger partial charge < -0.3 is 15.0 Å². The number of amides is 1. The first-order chi connectivity index (χ1) is 9.90. The average molecular weight is 286 g/mol. The summed E-state index contributed by atoms with van der Waals surface area (Å²) < 4.78 is 6.85. The number of esters is 1. The number of hydrogen-bond acceptors (Lipinski definition) is 3. The predicted molar refractivity (Wildman–Crippen MR) is 79.5 cm³/mol. The summed E-state index contributed by atoms with van der Waals surface area (Å²) in [7, 11) is 0. The van der Waals surface area contributed by atoms with E-state index in [9.17, 15) is 9.59 Å². The Balaban J connectivity index is 2.38. The Morgan fingerprint density at radius 1 is 1.19 bits per heavy atom. The van der Waals surface area contributed by atoms with Crippen molar-refractivity contribution in [2.24, 2.45) is 5.73 Å². The van der Waals surface area contributed by atoms with E-state index in [0.717, 1.165) is 22.6 Å². The van der Waals surface area contributed by atoms with Gasteiger partial charge in [0.05, 0.1) is 5.56 Å². The summed E-state index contributed by atoms with van der Waals surface area (Å²) in [6.45, 7) is 5.36. The molecule has 2 aromatic rings. The number of hydrogen-bond donors (Lipinski definition) is 1. The van der Waals surface area contributed by atoms with Gasteiger partial charge in [-0.15, -0.1) is 0 Å². The van der Waals surface area contributed by atoms with Crippen LogP contribution in [0.3, 0.4) is 0 Å². The van der Waals surface area contributed by atoms with Gasteiger partial charge in [0.15, 0.2) is 6.61 Å². The van der Waals surface area contributed by atoms with Crippen molar-refractivity contribution in [2.45, 2.75) is 20.8 Å². The Kier molecular flexibility index (Phi) is 4.12. The van der Waals surface area contributed by atoms with Crippen LogP contribution in [-0.4, -0.2) is 23.1 Å². The molecule has 0 fully saturated rings. The zero-order chi connectivity index (χ0) is 15.6. The molecule has 1 aromatic heterocycles. The fourth-order valence-electron chi connectivity index (χ4n) is 2.35. The number of aryl methyl sites for hydroxylation is 2. The Morgan fingerprint density at radius 2 is 1.90 bits per heavy atom. The number of primary amides is 1. The second-order valence-electron chi connectivity index (χ2n) is 5.00. The third-order valence-electron chi connectivity index (χ3n) is 3.26. The molecule has 5 nitrogen and oxygen atoms in total. The lowest BCUT2D eigenvalue weighted by molar-refractivity contribution is -0.121. The summed E-state index contributed by atoms with van der Waals surface area (Å²) in [4.78, 5) is 22.7. The predicted octanol–water partition coefficient (Wildman–Crippen LogP) is 2.04. The highest BCUT2D eigenvalue weighted by atomic mass is 16.5. The molecule has 2 N–H and O–H groups in total. The van der Waals surface area contributed by atoms with Gasteiger partial charge in [-0.1, -0.05) is 12.1 Å². The van der Waals surface area contributed by atoms with Gasteiger partial charge in [-0.2, -0.15) is 0 Å². The SMILES string of the molecule is Cc1cccc(-n2c(C)cc(C(=O)OCC(N)=O)c2C)c1. The molecule has 0 aliphatic heterocycles. The normalized spacial score (nSPS) is 10.4. The van der Waals surface area contributed by atoms with E-state index in [1.807, 2.05) is 49.6 Å². The molecule has 1 aromatic carbocycles. The van der Waals surface area contributed by atoms with Crippen LogP contribution in [0, 0.1) is 20.8 Å². The van der Waals surface area contributed by atoms with Gasteiger partial charge in [-0.25, -0.2) is 4.79 Å². The lowest BCUT2D eigenvalue weighted by Crippen LogP contribution is -2.21. The minimum absolute atomic E-state index is 0.410. The molecule has 110 valence electrons. The third-order valence-corrected chi connectivity index (χ3v) is 3.26. The van der Waals surface area contributed by atoms with Crippen LogP contribution in [0.15, 0.2) is 30.3 Å². The van der Waals surface area contributed by atoms with Crippen molar-refractivity contribution in [3.63, 3.8) is 0 Å². The molecule has 0 aliphatic carbocycles. The first-order valence-corrected chi connectivity index (χ1v) is 6.61. The van der Waals surface area contributed by atoms with Gasteiger partial charge in [0, 0.05) is 17.1 Å². The number of carbonyl (C=O) groups is 2. The number of nitrogens with zero attached hydrogens (tertiary/aromatic N) is 1. The summed E-state index contributed by atoms with van der Waals surface area (Å²) in [5.74, 6) is -1.21. The second kappa shape index (κ2) is 5.83. The topological polar surface area (TPSA) is 74.3 Å². The molecule has 5 heteroatoms. The fourth-order valence-corrected chi connectivity index (χ4v) is 2.35. The summed E-state index contributed by atoms with van der Waals surface area (Å²) in [5.41, 5.74) is 9.23. The molecule has 0 bridgehead atoms. The minimum atomic E-state index is -0.671. The summed E-state index contributed by atoms with van der Waals surface area (Å²) in [6.07, 6.45) is 0. The second-order valence-corrected chi connectivity index (χ2v) is 5.00. The van der Waals surface area contributed by atoms with Crippen LogP contribution in [0.5, 0.6) is 0 Å². The molecule has 0 radical (unpaired) electrons. The van der Waals surface area contributed by atoms with E-state index in [0.29, 0.717) is 5.56 Å². The standard InChI is InChI=1S/C16H18N2O3/c1-10-5-4-6-13(7-10)18-11(2)8-14(12(18)3)16(20)21-9-15(17)19/h4-8H,9H2,1-3H3,(H2,17,19). The van der Waals surface area contributed by atoms with Crippen LogP contribution in [-0.2, 0) is 9.53 Å². The number of aromatic nitrogens is 1. The van der Waals surface area contributed by atoms with E-state index in [1.165, 1.54) is 0 Å². The van der Waals surface area contributed by atoms with E-state index in [4.69, 9.17) is 10.5 Å². The van der Waals surface area contributed by atoms with Crippen LogP contribution in [0.1, 0.15) is 27.3 Å². The lowest BCUT2D eigenvalue weighted by Gasteiger charge is -2.10. The number of carbonyl (C=O) groups excluding carboxylic acids is 2. The van der Waals surface area contributed by atoms with E-state index in [1.54, 1.807) is 6.07 Å². The van der Waals surface area contributed by atoms with E-state index < -0.39 is 18.5 Å². The van der Waals surface area contributed by atoms with Crippen LogP contribution in [0.4, 0.5) is 0 Å². The van der Waals surface area contributed by atoms with Crippen molar-refractivity contribution in [2.75, 3.05) is 6.61 Å². The molecular formula is C16H18N2O3. The first kappa shape index (κ1) is 14.8. The van der Waals surface area contributed by atoms with Gasteiger partial charge in [0.2, 0.25) is 0 Å². The molecule has 0 spiro atoms. The first-order valence-electron chi connectivity index (χ1n) is 6.61. The minimum Gasteiger partial charge on any atom is -0.452 e. The number of benzene rings is 1. The zero-order valence-corrected chi connectivity index (χ0v) is 12.3. The summed E-state index contributed by atoms with van der Waals surface area (Å²) in [6, 6.07) is 9.75. The van der Waals surface area contributed by atoms with Crippen LogP contribution in [0.2, 0.25) is 0 Å². The quantitative estimate of drug-likeness (QED) is 0.874. The van der Waals surface area contributed by atoms with Crippen molar-refractivity contribution in [3.8, 4) is 5.69 Å². The molecule has 0 aliphatic rings. The van der Waals surface area contributed by atoms with Gasteiger partial charge in [-0.3, -0.25) is 4.79 Å². The van der Waals surface area contributed by atoms with Crippen molar-refractivity contribution in [1.82, 2.24) is 4.57 Å². The van der Waals surface area contributed by atoms with Gasteiger partial charge in [-0.05, 0) is 44.5 Å². The largest absolute Gasteiger partial charge is 0.452 e. The molecule has 0 saturated carbocycles. The highest BCUT2D eigenvalue weighted by Crippen LogP contribution is 2.22. The molecule has 2 rings (SSSR count). The Morgan fingerprint density at radius 3 is 2.52 bits per heavy atom. The number of nitrogens with two attached hydrogens (primary N) is 1. The van der Waals surface area contributed by atoms with Crippen LogP contribution >= 0.6 is 0 Å². The molecule has 1 heterocycles. The third kappa shape index (κ3) is 3.13. The maximum absolute atomic E-state index is 12.0. The van der Waals surface area contributed by atoms with E-state index in [-0.39, 0.29) is 0 Å². The summed E-state index contributed by atoms with van der Waals surface area (Å²) in [5, 5.41) is 0. The monoisotopic (exact) mass is 286 g/mol. The van der Waals surface area contributed by atoms with Crippen molar-refractivity contribution in [3.05, 3.63) is 52.8 Å². The molecular weight excluding hydrogens is 268 g/mol. The van der Waals surface area contributed by atoms with Crippen LogP contribution in [0.25, 0.3) is 5.69 Å². The van der Waals surface area contributed by atoms with Crippen molar-refractivity contribution >= 4 is 11.9 Å². The molecule has 1 amide bonds.